The molecule has 0 unspecified atom stereocenters. The molecule has 1 aliphatic rings. The van der Waals surface area contributed by atoms with Crippen molar-refractivity contribution in [3.63, 3.8) is 0 Å². The van der Waals surface area contributed by atoms with Gasteiger partial charge in [-0.3, -0.25) is 4.79 Å². The van der Waals surface area contributed by atoms with Gasteiger partial charge in [-0.1, -0.05) is 5.16 Å². The summed E-state index contributed by atoms with van der Waals surface area (Å²) in [5.74, 6) is -1.56. The summed E-state index contributed by atoms with van der Waals surface area (Å²) in [5.41, 5.74) is 6.43. The maximum Gasteiger partial charge on any atom is 0.340 e. The van der Waals surface area contributed by atoms with Crippen LogP contribution in [-0.2, 0) is 9.53 Å². The molecule has 3 rings (SSSR count). The Balaban J connectivity index is 2.20. The van der Waals surface area contributed by atoms with Crippen LogP contribution >= 0.6 is 0 Å². The van der Waals surface area contributed by atoms with Crippen LogP contribution in [0, 0.1) is 25.6 Å². The molecular formula is C17H18FN3O4. The second-order valence-electron chi connectivity index (χ2n) is 6.03. The van der Waals surface area contributed by atoms with Gasteiger partial charge in [0.1, 0.15) is 11.4 Å². The van der Waals surface area contributed by atoms with Crippen molar-refractivity contribution in [1.29, 1.82) is 0 Å². The van der Waals surface area contributed by atoms with Crippen LogP contribution in [0.2, 0.25) is 0 Å². The average molecular weight is 347 g/mol. The van der Waals surface area contributed by atoms with Gasteiger partial charge < -0.3 is 20.3 Å². The maximum absolute atomic E-state index is 15.1. The summed E-state index contributed by atoms with van der Waals surface area (Å²) in [4.78, 5) is 24.1. The molecule has 1 heterocycles. The number of carbonyl (C=O) groups is 2. The Morgan fingerprint density at radius 3 is 2.60 bits per heavy atom. The van der Waals surface area contributed by atoms with Gasteiger partial charge in [-0.15, -0.1) is 0 Å². The van der Waals surface area contributed by atoms with E-state index in [1.54, 1.807) is 13.8 Å². The van der Waals surface area contributed by atoms with Gasteiger partial charge in [-0.2, -0.15) is 0 Å². The summed E-state index contributed by atoms with van der Waals surface area (Å²) < 4.78 is 24.9. The Hall–Kier alpha value is -2.90. The standard InChI is InChI=1S/C17H18FN3O4/c1-7-12(8(2)25-21-7)10-6-11(17(23)24-3)14(19)15(13(10)18)20-16(22)9-4-5-9/h6,9H,4-5,19H2,1-3H3,(H,20,22). The summed E-state index contributed by atoms with van der Waals surface area (Å²) in [5, 5.41) is 6.31. The van der Waals surface area contributed by atoms with Crippen LogP contribution in [-0.4, -0.2) is 24.1 Å². The quantitative estimate of drug-likeness (QED) is 0.650. The molecule has 1 fully saturated rings. The molecule has 1 saturated carbocycles. The number of hydrogen-bond donors (Lipinski definition) is 2. The second kappa shape index (κ2) is 6.19. The van der Waals surface area contributed by atoms with Gasteiger partial charge in [0.25, 0.3) is 0 Å². The van der Waals surface area contributed by atoms with Crippen LogP contribution in [0.25, 0.3) is 11.1 Å². The van der Waals surface area contributed by atoms with E-state index in [-0.39, 0.29) is 34.3 Å². The van der Waals surface area contributed by atoms with E-state index >= 15 is 4.39 Å². The van der Waals surface area contributed by atoms with E-state index in [4.69, 9.17) is 15.0 Å². The summed E-state index contributed by atoms with van der Waals surface area (Å²) in [6, 6.07) is 1.29. The first-order chi connectivity index (χ1) is 11.8. The van der Waals surface area contributed by atoms with Crippen molar-refractivity contribution in [2.45, 2.75) is 26.7 Å². The van der Waals surface area contributed by atoms with Gasteiger partial charge in [0.2, 0.25) is 5.91 Å². The number of halogens is 1. The third-order valence-electron chi connectivity index (χ3n) is 4.21. The lowest BCUT2D eigenvalue weighted by Gasteiger charge is -2.15. The van der Waals surface area contributed by atoms with Crippen LogP contribution < -0.4 is 11.1 Å². The fraction of sp³-hybridized carbons (Fsp3) is 0.353. The Morgan fingerprint density at radius 1 is 1.40 bits per heavy atom. The van der Waals surface area contributed by atoms with E-state index in [1.807, 2.05) is 0 Å². The molecule has 1 aliphatic carbocycles. The van der Waals surface area contributed by atoms with Gasteiger partial charge in [0, 0.05) is 11.5 Å². The molecular weight excluding hydrogens is 329 g/mol. The third kappa shape index (κ3) is 2.95. The minimum Gasteiger partial charge on any atom is -0.465 e. The first-order valence-corrected chi connectivity index (χ1v) is 7.79. The number of aryl methyl sites for hydroxylation is 2. The summed E-state index contributed by atoms with van der Waals surface area (Å²) >= 11 is 0. The highest BCUT2D eigenvalue weighted by Gasteiger charge is 2.32. The molecule has 1 aromatic heterocycles. The molecule has 0 aliphatic heterocycles. The first-order valence-electron chi connectivity index (χ1n) is 7.79. The molecule has 3 N–H and O–H groups in total. The Bertz CT molecular complexity index is 852. The number of methoxy groups -OCH3 is 1. The second-order valence-corrected chi connectivity index (χ2v) is 6.03. The lowest BCUT2D eigenvalue weighted by atomic mass is 9.98. The fourth-order valence-corrected chi connectivity index (χ4v) is 2.69. The summed E-state index contributed by atoms with van der Waals surface area (Å²) in [6.07, 6.45) is 1.50. The van der Waals surface area contributed by atoms with Crippen LogP contribution in [0.1, 0.15) is 34.7 Å². The maximum atomic E-state index is 15.1. The number of nitrogens with two attached hydrogens (primary N) is 1. The van der Waals surface area contributed by atoms with Crippen molar-refractivity contribution in [1.82, 2.24) is 5.16 Å². The number of ether oxygens (including phenoxy) is 1. The molecule has 7 nitrogen and oxygen atoms in total. The van der Waals surface area contributed by atoms with Crippen molar-refractivity contribution < 1.29 is 23.2 Å². The van der Waals surface area contributed by atoms with E-state index in [2.05, 4.69) is 10.5 Å². The fourth-order valence-electron chi connectivity index (χ4n) is 2.69. The number of nitrogen functional groups attached to an aromatic ring is 1. The molecule has 0 spiro atoms. The molecule has 0 bridgehead atoms. The zero-order valence-electron chi connectivity index (χ0n) is 14.1. The molecule has 0 radical (unpaired) electrons. The number of benzene rings is 1. The monoisotopic (exact) mass is 347 g/mol. The van der Waals surface area contributed by atoms with Crippen molar-refractivity contribution in [2.24, 2.45) is 5.92 Å². The minimum atomic E-state index is -0.742. The summed E-state index contributed by atoms with van der Waals surface area (Å²) in [7, 11) is 1.20. The number of carbonyl (C=O) groups excluding carboxylic acids is 2. The zero-order chi connectivity index (χ0) is 18.3. The number of rotatable bonds is 4. The van der Waals surface area contributed by atoms with E-state index < -0.39 is 11.8 Å². The number of aromatic nitrogens is 1. The van der Waals surface area contributed by atoms with E-state index in [0.29, 0.717) is 17.0 Å². The molecule has 132 valence electrons. The van der Waals surface area contributed by atoms with Gasteiger partial charge in [-0.25, -0.2) is 9.18 Å². The number of nitrogens with zero attached hydrogens (tertiary/aromatic N) is 1. The van der Waals surface area contributed by atoms with Gasteiger partial charge in [0.15, 0.2) is 5.82 Å². The van der Waals surface area contributed by atoms with Crippen LogP contribution in [0.4, 0.5) is 15.8 Å². The Morgan fingerprint density at radius 2 is 2.08 bits per heavy atom. The van der Waals surface area contributed by atoms with Crippen molar-refractivity contribution in [2.75, 3.05) is 18.2 Å². The van der Waals surface area contributed by atoms with Crippen LogP contribution in [0.5, 0.6) is 0 Å². The topological polar surface area (TPSA) is 107 Å². The van der Waals surface area contributed by atoms with Gasteiger partial charge in [0.05, 0.1) is 29.6 Å². The number of nitrogens with one attached hydrogen (secondary N) is 1. The van der Waals surface area contributed by atoms with Gasteiger partial charge >= 0.3 is 5.97 Å². The van der Waals surface area contributed by atoms with Crippen molar-refractivity contribution in [3.05, 3.63) is 28.9 Å². The number of anilines is 2. The van der Waals surface area contributed by atoms with E-state index in [9.17, 15) is 9.59 Å². The van der Waals surface area contributed by atoms with E-state index in [1.165, 1.54) is 13.2 Å². The Labute approximate surface area is 143 Å². The minimum absolute atomic E-state index is 0.0370. The average Bonchev–Trinajstić information content (AvgIpc) is 3.38. The van der Waals surface area contributed by atoms with Crippen LogP contribution in [0.3, 0.4) is 0 Å². The van der Waals surface area contributed by atoms with E-state index in [0.717, 1.165) is 12.8 Å². The molecule has 8 heteroatoms. The summed E-state index contributed by atoms with van der Waals surface area (Å²) in [6.45, 7) is 3.29. The molecule has 25 heavy (non-hydrogen) atoms. The predicted molar refractivity (Wildman–Crippen MR) is 88.5 cm³/mol. The highest BCUT2D eigenvalue weighted by molar-refractivity contribution is 6.05. The lowest BCUT2D eigenvalue weighted by Crippen LogP contribution is -2.18. The number of amides is 1. The largest absolute Gasteiger partial charge is 0.465 e. The van der Waals surface area contributed by atoms with Gasteiger partial charge in [-0.05, 0) is 32.8 Å². The van der Waals surface area contributed by atoms with Crippen LogP contribution in [0.15, 0.2) is 10.6 Å². The zero-order valence-corrected chi connectivity index (χ0v) is 14.1. The molecule has 0 saturated heterocycles. The lowest BCUT2D eigenvalue weighted by molar-refractivity contribution is -0.117. The smallest absolute Gasteiger partial charge is 0.340 e. The van der Waals surface area contributed by atoms with Crippen molar-refractivity contribution >= 4 is 23.3 Å². The first kappa shape index (κ1) is 16.9. The molecule has 0 atom stereocenters. The highest BCUT2D eigenvalue weighted by Crippen LogP contribution is 2.39. The SMILES string of the molecule is COC(=O)c1cc(-c2c(C)noc2C)c(F)c(NC(=O)C2CC2)c1N. The predicted octanol–water partition coefficient (Wildman–Crippen LogP) is 2.81. The molecule has 1 aromatic carbocycles. The molecule has 1 amide bonds. The normalized spacial score (nSPS) is 13.6. The number of hydrogen-bond acceptors (Lipinski definition) is 6. The van der Waals surface area contributed by atoms with Crippen molar-refractivity contribution in [3.8, 4) is 11.1 Å². The number of esters is 1. The highest BCUT2D eigenvalue weighted by atomic mass is 19.1. The third-order valence-corrected chi connectivity index (χ3v) is 4.21. The molecule has 2 aromatic rings. The Kier molecular flexibility index (Phi) is 4.20.